The highest BCUT2D eigenvalue weighted by Crippen LogP contribution is 2.25. The SMILES string of the molecule is CCc1ncc(CNc2cc(-n3cnnn3)ccc2Cl)s1. The first-order chi connectivity index (χ1) is 10.3. The number of anilines is 1. The van der Waals surface area contributed by atoms with Crippen molar-refractivity contribution in [3.63, 3.8) is 0 Å². The number of hydrogen-bond donors (Lipinski definition) is 1. The minimum Gasteiger partial charge on any atom is -0.379 e. The lowest BCUT2D eigenvalue weighted by Crippen LogP contribution is -2.01. The maximum absolute atomic E-state index is 6.22. The average molecular weight is 321 g/mol. The fraction of sp³-hybridized carbons (Fsp3) is 0.231. The van der Waals surface area contributed by atoms with E-state index in [2.05, 4.69) is 32.7 Å². The molecule has 3 aromatic rings. The van der Waals surface area contributed by atoms with Crippen LogP contribution in [0.4, 0.5) is 5.69 Å². The number of nitrogens with one attached hydrogen (secondary N) is 1. The summed E-state index contributed by atoms with van der Waals surface area (Å²) in [6.45, 7) is 2.79. The molecular formula is C13H13ClN6S. The standard InChI is InChI=1S/C13H13ClN6S/c1-2-13-16-7-10(21-13)6-15-12-5-9(3-4-11(12)14)20-8-17-18-19-20/h3-5,7-8,15H,2,6H2,1H3. The fourth-order valence-corrected chi connectivity index (χ4v) is 2.83. The Morgan fingerprint density at radius 1 is 1.38 bits per heavy atom. The summed E-state index contributed by atoms with van der Waals surface area (Å²) < 4.78 is 1.59. The van der Waals surface area contributed by atoms with Crippen molar-refractivity contribution in [2.75, 3.05) is 5.32 Å². The van der Waals surface area contributed by atoms with E-state index in [1.807, 2.05) is 24.4 Å². The lowest BCUT2D eigenvalue weighted by atomic mass is 10.2. The van der Waals surface area contributed by atoms with E-state index in [0.717, 1.165) is 22.8 Å². The van der Waals surface area contributed by atoms with Gasteiger partial charge in [-0.1, -0.05) is 18.5 Å². The van der Waals surface area contributed by atoms with Gasteiger partial charge < -0.3 is 5.32 Å². The average Bonchev–Trinajstić information content (AvgIpc) is 3.18. The van der Waals surface area contributed by atoms with Gasteiger partial charge in [0, 0.05) is 11.1 Å². The van der Waals surface area contributed by atoms with Crippen molar-refractivity contribution < 1.29 is 0 Å². The molecule has 0 atom stereocenters. The van der Waals surface area contributed by atoms with Gasteiger partial charge in [-0.15, -0.1) is 16.4 Å². The molecule has 2 aromatic heterocycles. The van der Waals surface area contributed by atoms with E-state index in [1.54, 1.807) is 22.3 Å². The van der Waals surface area contributed by atoms with Crippen molar-refractivity contribution in [1.82, 2.24) is 25.2 Å². The number of hydrogen-bond acceptors (Lipinski definition) is 6. The molecule has 0 amide bonds. The van der Waals surface area contributed by atoms with Gasteiger partial charge in [-0.05, 0) is 35.0 Å². The molecule has 3 rings (SSSR count). The Morgan fingerprint density at radius 3 is 3.00 bits per heavy atom. The van der Waals surface area contributed by atoms with Gasteiger partial charge >= 0.3 is 0 Å². The van der Waals surface area contributed by atoms with Crippen LogP contribution < -0.4 is 5.32 Å². The molecule has 0 aliphatic heterocycles. The molecule has 0 unspecified atom stereocenters. The number of rotatable bonds is 5. The first-order valence-electron chi connectivity index (χ1n) is 6.46. The zero-order valence-corrected chi connectivity index (χ0v) is 12.9. The largest absolute Gasteiger partial charge is 0.379 e. The van der Waals surface area contributed by atoms with Gasteiger partial charge in [-0.25, -0.2) is 9.67 Å². The number of benzene rings is 1. The Kier molecular flexibility index (Phi) is 4.12. The van der Waals surface area contributed by atoms with Crippen LogP contribution in [-0.4, -0.2) is 25.2 Å². The van der Waals surface area contributed by atoms with E-state index in [9.17, 15) is 0 Å². The number of halogens is 1. The fourth-order valence-electron chi connectivity index (χ4n) is 1.85. The number of thiazole rings is 1. The second-order valence-corrected chi connectivity index (χ2v) is 5.95. The van der Waals surface area contributed by atoms with Crippen molar-refractivity contribution >= 4 is 28.6 Å². The van der Waals surface area contributed by atoms with Gasteiger partial charge in [0.1, 0.15) is 6.33 Å². The molecule has 2 heterocycles. The lowest BCUT2D eigenvalue weighted by molar-refractivity contribution is 0.789. The Balaban J connectivity index is 1.76. The molecule has 0 saturated heterocycles. The first-order valence-corrected chi connectivity index (χ1v) is 7.66. The van der Waals surface area contributed by atoms with Crippen molar-refractivity contribution in [2.45, 2.75) is 19.9 Å². The molecule has 0 radical (unpaired) electrons. The van der Waals surface area contributed by atoms with E-state index < -0.39 is 0 Å². The third-order valence-corrected chi connectivity index (χ3v) is 4.39. The van der Waals surface area contributed by atoms with Crippen LogP contribution in [0.15, 0.2) is 30.7 Å². The summed E-state index contributed by atoms with van der Waals surface area (Å²) in [6.07, 6.45) is 4.40. The molecule has 108 valence electrons. The quantitative estimate of drug-likeness (QED) is 0.782. The summed E-state index contributed by atoms with van der Waals surface area (Å²) in [6, 6.07) is 5.61. The molecule has 1 aromatic carbocycles. The lowest BCUT2D eigenvalue weighted by Gasteiger charge is -2.09. The van der Waals surface area contributed by atoms with Gasteiger partial charge in [-0.2, -0.15) is 0 Å². The summed E-state index contributed by atoms with van der Waals surface area (Å²) in [5, 5.41) is 16.2. The Hall–Kier alpha value is -1.99. The summed E-state index contributed by atoms with van der Waals surface area (Å²) in [5.74, 6) is 0. The van der Waals surface area contributed by atoms with Crippen LogP contribution >= 0.6 is 22.9 Å². The van der Waals surface area contributed by atoms with E-state index >= 15 is 0 Å². The molecule has 0 fully saturated rings. The molecule has 8 heteroatoms. The highest BCUT2D eigenvalue weighted by molar-refractivity contribution is 7.11. The highest BCUT2D eigenvalue weighted by Gasteiger charge is 2.06. The van der Waals surface area contributed by atoms with Gasteiger partial charge in [0.15, 0.2) is 0 Å². The van der Waals surface area contributed by atoms with E-state index in [0.29, 0.717) is 11.6 Å². The highest BCUT2D eigenvalue weighted by atomic mass is 35.5. The van der Waals surface area contributed by atoms with Crippen LogP contribution in [0, 0.1) is 0 Å². The van der Waals surface area contributed by atoms with Crippen molar-refractivity contribution in [1.29, 1.82) is 0 Å². The molecule has 6 nitrogen and oxygen atoms in total. The van der Waals surface area contributed by atoms with Gasteiger partial charge in [0.05, 0.1) is 27.9 Å². The van der Waals surface area contributed by atoms with Crippen molar-refractivity contribution in [2.24, 2.45) is 0 Å². The van der Waals surface area contributed by atoms with Crippen LogP contribution in [0.25, 0.3) is 5.69 Å². The van der Waals surface area contributed by atoms with Gasteiger partial charge in [0.25, 0.3) is 0 Å². The first kappa shape index (κ1) is 14.0. The summed E-state index contributed by atoms with van der Waals surface area (Å²) in [7, 11) is 0. The summed E-state index contributed by atoms with van der Waals surface area (Å²) >= 11 is 7.93. The topological polar surface area (TPSA) is 68.5 Å². The smallest absolute Gasteiger partial charge is 0.143 e. The molecule has 0 spiro atoms. The van der Waals surface area contributed by atoms with Crippen molar-refractivity contribution in [3.05, 3.63) is 45.6 Å². The zero-order valence-electron chi connectivity index (χ0n) is 11.3. The molecule has 0 saturated carbocycles. The van der Waals surface area contributed by atoms with E-state index in [4.69, 9.17) is 11.6 Å². The minimum atomic E-state index is 0.659. The third-order valence-electron chi connectivity index (χ3n) is 2.92. The number of aryl methyl sites for hydroxylation is 1. The van der Waals surface area contributed by atoms with Crippen LogP contribution in [-0.2, 0) is 13.0 Å². The molecule has 0 bridgehead atoms. The van der Waals surface area contributed by atoms with Crippen LogP contribution in [0.1, 0.15) is 16.8 Å². The zero-order chi connectivity index (χ0) is 14.7. The molecule has 21 heavy (non-hydrogen) atoms. The second kappa shape index (κ2) is 6.19. The van der Waals surface area contributed by atoms with Gasteiger partial charge in [-0.3, -0.25) is 0 Å². The van der Waals surface area contributed by atoms with Crippen LogP contribution in [0.5, 0.6) is 0 Å². The Bertz CT molecular complexity index is 724. The Morgan fingerprint density at radius 2 is 2.29 bits per heavy atom. The normalized spacial score (nSPS) is 10.8. The predicted molar refractivity (Wildman–Crippen MR) is 83.0 cm³/mol. The van der Waals surface area contributed by atoms with Crippen LogP contribution in [0.3, 0.4) is 0 Å². The van der Waals surface area contributed by atoms with E-state index in [1.165, 1.54) is 4.88 Å². The summed E-state index contributed by atoms with van der Waals surface area (Å²) in [4.78, 5) is 5.52. The number of nitrogens with zero attached hydrogens (tertiary/aromatic N) is 5. The van der Waals surface area contributed by atoms with Crippen molar-refractivity contribution in [3.8, 4) is 5.69 Å². The molecule has 1 N–H and O–H groups in total. The van der Waals surface area contributed by atoms with Gasteiger partial charge in [0.2, 0.25) is 0 Å². The second-order valence-electron chi connectivity index (χ2n) is 4.35. The van der Waals surface area contributed by atoms with Crippen LogP contribution in [0.2, 0.25) is 5.02 Å². The third kappa shape index (κ3) is 3.20. The predicted octanol–water partition coefficient (Wildman–Crippen LogP) is 2.95. The number of aromatic nitrogens is 5. The number of tetrazole rings is 1. The molecular weight excluding hydrogens is 308 g/mol. The minimum absolute atomic E-state index is 0.659. The molecule has 0 aliphatic carbocycles. The monoisotopic (exact) mass is 320 g/mol. The summed E-state index contributed by atoms with van der Waals surface area (Å²) in [5.41, 5.74) is 1.70. The molecule has 0 aliphatic rings. The Labute approximate surface area is 130 Å². The maximum Gasteiger partial charge on any atom is 0.143 e. The maximum atomic E-state index is 6.22. The van der Waals surface area contributed by atoms with E-state index in [-0.39, 0.29) is 0 Å².